The minimum atomic E-state index is -0.0543. The summed E-state index contributed by atoms with van der Waals surface area (Å²) < 4.78 is 0. The number of anilines is 1. The Morgan fingerprint density at radius 1 is 1.00 bits per heavy atom. The first kappa shape index (κ1) is 16.2. The molecule has 2 aliphatic carbocycles. The number of rotatable bonds is 5. The highest BCUT2D eigenvalue weighted by Gasteiger charge is 2.44. The van der Waals surface area contributed by atoms with Crippen molar-refractivity contribution in [3.05, 3.63) is 64.7 Å². The topological polar surface area (TPSA) is 58.2 Å². The average molecular weight is 355 g/mol. The van der Waals surface area contributed by atoms with Gasteiger partial charge in [0.2, 0.25) is 5.91 Å². The van der Waals surface area contributed by atoms with Crippen LogP contribution in [0.5, 0.6) is 0 Å². The Balaban J connectivity index is 1.35. The van der Waals surface area contributed by atoms with Crippen molar-refractivity contribution in [2.24, 2.45) is 5.92 Å². The van der Waals surface area contributed by atoms with Gasteiger partial charge in [-0.25, -0.2) is 0 Å². The molecule has 0 aromatic heterocycles. The number of benzene rings is 2. The maximum Gasteiger partial charge on any atom is 0.251 e. The maximum atomic E-state index is 12.4. The fourth-order valence-electron chi connectivity index (χ4n) is 3.04. The van der Waals surface area contributed by atoms with Gasteiger partial charge < -0.3 is 10.6 Å². The fraction of sp³-hybridized carbons (Fsp3) is 0.300. The van der Waals surface area contributed by atoms with Crippen molar-refractivity contribution < 1.29 is 9.59 Å². The van der Waals surface area contributed by atoms with Gasteiger partial charge in [0.05, 0.1) is 0 Å². The summed E-state index contributed by atoms with van der Waals surface area (Å²) in [5.74, 6) is 0.0940. The summed E-state index contributed by atoms with van der Waals surface area (Å²) in [6, 6.07) is 15.0. The van der Waals surface area contributed by atoms with E-state index in [1.54, 1.807) is 24.3 Å². The van der Waals surface area contributed by atoms with Crippen molar-refractivity contribution >= 4 is 29.1 Å². The van der Waals surface area contributed by atoms with E-state index >= 15 is 0 Å². The molecule has 2 aliphatic rings. The van der Waals surface area contributed by atoms with E-state index in [9.17, 15) is 9.59 Å². The number of hydrogen-bond donors (Lipinski definition) is 2. The molecule has 2 aromatic rings. The van der Waals surface area contributed by atoms with Gasteiger partial charge in [0, 0.05) is 28.2 Å². The summed E-state index contributed by atoms with van der Waals surface area (Å²) in [5, 5.41) is 6.59. The van der Waals surface area contributed by atoms with Crippen molar-refractivity contribution in [1.29, 1.82) is 0 Å². The molecule has 4 rings (SSSR count). The van der Waals surface area contributed by atoms with Gasteiger partial charge in [-0.3, -0.25) is 9.59 Å². The van der Waals surface area contributed by atoms with Crippen LogP contribution in [0.1, 0.15) is 41.1 Å². The molecule has 2 N–H and O–H groups in total. The average Bonchev–Trinajstić information content (AvgIpc) is 3.51. The number of nitrogens with one attached hydrogen (secondary N) is 2. The molecule has 0 heterocycles. The third kappa shape index (κ3) is 3.69. The van der Waals surface area contributed by atoms with E-state index in [0.717, 1.165) is 24.8 Å². The van der Waals surface area contributed by atoms with Crippen molar-refractivity contribution in [2.75, 3.05) is 5.32 Å². The van der Waals surface area contributed by atoms with E-state index in [4.69, 9.17) is 11.6 Å². The van der Waals surface area contributed by atoms with Crippen LogP contribution >= 0.6 is 11.6 Å². The van der Waals surface area contributed by atoms with E-state index in [1.165, 1.54) is 0 Å². The van der Waals surface area contributed by atoms with Gasteiger partial charge in [0.15, 0.2) is 0 Å². The molecule has 0 bridgehead atoms. The number of amides is 2. The standard InChI is InChI=1S/C20H19ClN2O2/c21-18-4-2-1-3-15(18)16-11-17(16)20(25)23-13-7-5-12(6-8-13)19(24)22-14-9-10-14/h1-8,14,16-17H,9-11H2,(H,22,24)(H,23,25). The van der Waals surface area contributed by atoms with E-state index in [-0.39, 0.29) is 23.7 Å². The van der Waals surface area contributed by atoms with Crippen LogP contribution in [0.15, 0.2) is 48.5 Å². The van der Waals surface area contributed by atoms with E-state index in [2.05, 4.69) is 10.6 Å². The van der Waals surface area contributed by atoms with Crippen molar-refractivity contribution in [2.45, 2.75) is 31.2 Å². The zero-order valence-corrected chi connectivity index (χ0v) is 14.4. The SMILES string of the molecule is O=C(NC1CC1)c1ccc(NC(=O)C2CC2c2ccccc2Cl)cc1. The molecule has 128 valence electrons. The van der Waals surface area contributed by atoms with E-state index in [0.29, 0.717) is 22.3 Å². The Morgan fingerprint density at radius 2 is 1.72 bits per heavy atom. The highest BCUT2D eigenvalue weighted by Crippen LogP contribution is 2.49. The predicted molar refractivity (Wildman–Crippen MR) is 97.9 cm³/mol. The Morgan fingerprint density at radius 3 is 2.40 bits per heavy atom. The molecule has 0 radical (unpaired) electrons. The molecule has 4 nitrogen and oxygen atoms in total. The van der Waals surface area contributed by atoms with Crippen LogP contribution < -0.4 is 10.6 Å². The van der Waals surface area contributed by atoms with Gasteiger partial charge in [-0.2, -0.15) is 0 Å². The highest BCUT2D eigenvalue weighted by atomic mass is 35.5. The second kappa shape index (κ2) is 6.52. The summed E-state index contributed by atoms with van der Waals surface area (Å²) >= 11 is 6.21. The summed E-state index contributed by atoms with van der Waals surface area (Å²) in [5.41, 5.74) is 2.36. The lowest BCUT2D eigenvalue weighted by Gasteiger charge is -2.07. The first-order valence-electron chi connectivity index (χ1n) is 8.58. The minimum Gasteiger partial charge on any atom is -0.349 e. The van der Waals surface area contributed by atoms with Crippen LogP contribution in [-0.2, 0) is 4.79 Å². The largest absolute Gasteiger partial charge is 0.349 e. The van der Waals surface area contributed by atoms with Gasteiger partial charge >= 0.3 is 0 Å². The maximum absolute atomic E-state index is 12.4. The predicted octanol–water partition coefficient (Wildman–Crippen LogP) is 3.97. The number of hydrogen-bond acceptors (Lipinski definition) is 2. The van der Waals surface area contributed by atoms with Crippen molar-refractivity contribution in [1.82, 2.24) is 5.32 Å². The molecule has 2 atom stereocenters. The monoisotopic (exact) mass is 354 g/mol. The molecule has 2 aromatic carbocycles. The first-order chi connectivity index (χ1) is 12.1. The lowest BCUT2D eigenvalue weighted by atomic mass is 10.1. The Hall–Kier alpha value is -2.33. The van der Waals surface area contributed by atoms with Crippen LogP contribution in [0.25, 0.3) is 0 Å². The third-order valence-electron chi connectivity index (χ3n) is 4.76. The molecule has 25 heavy (non-hydrogen) atoms. The molecule has 0 spiro atoms. The number of halogens is 1. The third-order valence-corrected chi connectivity index (χ3v) is 5.10. The molecule has 2 fully saturated rings. The van der Waals surface area contributed by atoms with Gasteiger partial charge in [-0.1, -0.05) is 29.8 Å². The van der Waals surface area contributed by atoms with Crippen LogP contribution in [0.3, 0.4) is 0 Å². The summed E-state index contributed by atoms with van der Waals surface area (Å²) in [7, 11) is 0. The lowest BCUT2D eigenvalue weighted by Crippen LogP contribution is -2.25. The smallest absolute Gasteiger partial charge is 0.251 e. The van der Waals surface area contributed by atoms with Crippen LogP contribution in [0.4, 0.5) is 5.69 Å². The van der Waals surface area contributed by atoms with E-state index in [1.807, 2.05) is 24.3 Å². The minimum absolute atomic E-state index is 0.0000941. The molecular weight excluding hydrogens is 336 g/mol. The number of carbonyl (C=O) groups excluding carboxylic acids is 2. The first-order valence-corrected chi connectivity index (χ1v) is 8.96. The Bertz CT molecular complexity index is 815. The van der Waals surface area contributed by atoms with Crippen LogP contribution in [0.2, 0.25) is 5.02 Å². The molecule has 5 heteroatoms. The normalized spacial score (nSPS) is 21.5. The van der Waals surface area contributed by atoms with Gasteiger partial charge in [-0.05, 0) is 61.1 Å². The molecular formula is C20H19ClN2O2. The zero-order chi connectivity index (χ0) is 17.4. The Kier molecular flexibility index (Phi) is 4.22. The van der Waals surface area contributed by atoms with Crippen LogP contribution in [0, 0.1) is 5.92 Å². The summed E-state index contributed by atoms with van der Waals surface area (Å²) in [6.07, 6.45) is 2.94. The molecule has 2 saturated carbocycles. The second-order valence-corrected chi connectivity index (χ2v) is 7.19. The summed E-state index contributed by atoms with van der Waals surface area (Å²) in [6.45, 7) is 0. The highest BCUT2D eigenvalue weighted by molar-refractivity contribution is 6.31. The zero-order valence-electron chi connectivity index (χ0n) is 13.7. The Labute approximate surface area is 151 Å². The van der Waals surface area contributed by atoms with Gasteiger partial charge in [0.1, 0.15) is 0 Å². The van der Waals surface area contributed by atoms with Gasteiger partial charge in [0.25, 0.3) is 5.91 Å². The lowest BCUT2D eigenvalue weighted by molar-refractivity contribution is -0.117. The molecule has 2 amide bonds. The van der Waals surface area contributed by atoms with Crippen LogP contribution in [-0.4, -0.2) is 17.9 Å². The molecule has 2 unspecified atom stereocenters. The molecule has 0 aliphatic heterocycles. The number of carbonyl (C=O) groups is 2. The molecule has 0 saturated heterocycles. The summed E-state index contributed by atoms with van der Waals surface area (Å²) in [4.78, 5) is 24.4. The second-order valence-electron chi connectivity index (χ2n) is 6.78. The van der Waals surface area contributed by atoms with Crippen molar-refractivity contribution in [3.8, 4) is 0 Å². The van der Waals surface area contributed by atoms with Crippen molar-refractivity contribution in [3.63, 3.8) is 0 Å². The van der Waals surface area contributed by atoms with Gasteiger partial charge in [-0.15, -0.1) is 0 Å². The fourth-order valence-corrected chi connectivity index (χ4v) is 3.32. The quantitative estimate of drug-likeness (QED) is 0.853. The van der Waals surface area contributed by atoms with E-state index < -0.39 is 0 Å².